The summed E-state index contributed by atoms with van der Waals surface area (Å²) in [7, 11) is 0. The van der Waals surface area contributed by atoms with Gasteiger partial charge >= 0.3 is 0 Å². The molecule has 0 spiro atoms. The summed E-state index contributed by atoms with van der Waals surface area (Å²) < 4.78 is 2.28. The summed E-state index contributed by atoms with van der Waals surface area (Å²) in [5.74, 6) is 0.680. The smallest absolute Gasteiger partial charge is 0.0951 e. The molecule has 1 N–H and O–H groups in total. The maximum Gasteiger partial charge on any atom is 0.0951 e. The second-order valence-corrected chi connectivity index (χ2v) is 6.48. The molecule has 2 aromatic rings. The van der Waals surface area contributed by atoms with Crippen LogP contribution in [0.25, 0.3) is 0 Å². The molecule has 1 unspecified atom stereocenters. The van der Waals surface area contributed by atoms with Crippen LogP contribution in [-0.2, 0) is 13.0 Å². The van der Waals surface area contributed by atoms with Gasteiger partial charge in [0.1, 0.15) is 0 Å². The summed E-state index contributed by atoms with van der Waals surface area (Å²) in [6.07, 6.45) is 4.99. The number of aromatic nitrogens is 2. The molecular formula is C15H23N3S. The van der Waals surface area contributed by atoms with Crippen molar-refractivity contribution in [3.63, 3.8) is 0 Å². The van der Waals surface area contributed by atoms with Gasteiger partial charge < -0.3 is 9.88 Å². The van der Waals surface area contributed by atoms with E-state index in [1.54, 1.807) is 0 Å². The molecule has 2 heterocycles. The van der Waals surface area contributed by atoms with E-state index in [1.165, 1.54) is 10.6 Å². The molecule has 0 bridgehead atoms. The maximum absolute atomic E-state index is 4.30. The summed E-state index contributed by atoms with van der Waals surface area (Å²) in [6.45, 7) is 8.65. The van der Waals surface area contributed by atoms with Crippen LogP contribution in [0, 0.1) is 5.92 Å². The standard InChI is InChI=1S/C15H23N3S/c1-12(2)8-16-9-14-10-17-11-18(14)13(3)7-15-5-4-6-19-15/h4-6,10-13,16H,7-9H2,1-3H3. The number of nitrogens with one attached hydrogen (secondary N) is 1. The average molecular weight is 277 g/mol. The lowest BCUT2D eigenvalue weighted by atomic mass is 10.2. The van der Waals surface area contributed by atoms with Gasteiger partial charge in [-0.05, 0) is 30.8 Å². The molecule has 0 aliphatic rings. The molecule has 0 aliphatic carbocycles. The monoisotopic (exact) mass is 277 g/mol. The van der Waals surface area contributed by atoms with E-state index in [9.17, 15) is 0 Å². The zero-order valence-corrected chi connectivity index (χ0v) is 12.8. The lowest BCUT2D eigenvalue weighted by Crippen LogP contribution is -2.21. The van der Waals surface area contributed by atoms with Gasteiger partial charge in [0.2, 0.25) is 0 Å². The van der Waals surface area contributed by atoms with Crippen molar-refractivity contribution < 1.29 is 0 Å². The lowest BCUT2D eigenvalue weighted by molar-refractivity contribution is 0.496. The molecule has 0 saturated carbocycles. The molecule has 2 aromatic heterocycles. The van der Waals surface area contributed by atoms with Crippen LogP contribution in [0.5, 0.6) is 0 Å². The molecule has 1 atom stereocenters. The van der Waals surface area contributed by atoms with Crippen LogP contribution in [0.2, 0.25) is 0 Å². The number of imidazole rings is 1. The molecule has 3 nitrogen and oxygen atoms in total. The van der Waals surface area contributed by atoms with E-state index in [4.69, 9.17) is 0 Å². The normalized spacial score (nSPS) is 13.1. The van der Waals surface area contributed by atoms with Gasteiger partial charge in [-0.25, -0.2) is 4.98 Å². The number of thiophene rings is 1. The summed E-state index contributed by atoms with van der Waals surface area (Å²) in [5.41, 5.74) is 1.27. The van der Waals surface area contributed by atoms with Gasteiger partial charge in [-0.15, -0.1) is 11.3 Å². The molecule has 4 heteroatoms. The zero-order valence-electron chi connectivity index (χ0n) is 12.0. The minimum Gasteiger partial charge on any atom is -0.330 e. The quantitative estimate of drug-likeness (QED) is 0.839. The Balaban J connectivity index is 1.94. The van der Waals surface area contributed by atoms with Crippen molar-refractivity contribution in [1.82, 2.24) is 14.9 Å². The molecule has 0 aliphatic heterocycles. The topological polar surface area (TPSA) is 29.9 Å². The van der Waals surface area contributed by atoms with Crippen molar-refractivity contribution in [2.75, 3.05) is 6.54 Å². The Kier molecular flexibility index (Phi) is 5.16. The fourth-order valence-electron chi connectivity index (χ4n) is 2.17. The number of nitrogens with zero attached hydrogens (tertiary/aromatic N) is 2. The Hall–Kier alpha value is -1.13. The zero-order chi connectivity index (χ0) is 13.7. The van der Waals surface area contributed by atoms with Crippen LogP contribution in [0.1, 0.15) is 37.4 Å². The summed E-state index contributed by atoms with van der Waals surface area (Å²) >= 11 is 1.83. The first kappa shape index (κ1) is 14.3. The van der Waals surface area contributed by atoms with Crippen LogP contribution in [0.4, 0.5) is 0 Å². The van der Waals surface area contributed by atoms with Crippen molar-refractivity contribution in [3.8, 4) is 0 Å². The van der Waals surface area contributed by atoms with Crippen molar-refractivity contribution in [1.29, 1.82) is 0 Å². The average Bonchev–Trinajstić information content (AvgIpc) is 2.99. The molecule has 2 rings (SSSR count). The number of rotatable bonds is 7. The second-order valence-electron chi connectivity index (χ2n) is 5.45. The van der Waals surface area contributed by atoms with Gasteiger partial charge in [-0.1, -0.05) is 19.9 Å². The third kappa shape index (κ3) is 4.18. The first-order valence-electron chi connectivity index (χ1n) is 6.90. The lowest BCUT2D eigenvalue weighted by Gasteiger charge is -2.16. The Morgan fingerprint density at radius 2 is 2.21 bits per heavy atom. The van der Waals surface area contributed by atoms with Gasteiger partial charge in [-0.2, -0.15) is 0 Å². The third-order valence-electron chi connectivity index (χ3n) is 3.16. The molecular weight excluding hydrogens is 254 g/mol. The maximum atomic E-state index is 4.30. The summed E-state index contributed by atoms with van der Waals surface area (Å²) in [6, 6.07) is 4.78. The Morgan fingerprint density at radius 1 is 1.37 bits per heavy atom. The Morgan fingerprint density at radius 3 is 2.89 bits per heavy atom. The molecule has 19 heavy (non-hydrogen) atoms. The molecule has 0 aromatic carbocycles. The van der Waals surface area contributed by atoms with Gasteiger partial charge in [-0.3, -0.25) is 0 Å². The molecule has 0 radical (unpaired) electrons. The fraction of sp³-hybridized carbons (Fsp3) is 0.533. The van der Waals surface area contributed by atoms with Crippen molar-refractivity contribution in [3.05, 3.63) is 40.6 Å². The van der Waals surface area contributed by atoms with Gasteiger partial charge in [0, 0.05) is 30.1 Å². The van der Waals surface area contributed by atoms with Crippen LogP contribution in [0.3, 0.4) is 0 Å². The third-order valence-corrected chi connectivity index (χ3v) is 4.06. The van der Waals surface area contributed by atoms with E-state index in [2.05, 4.69) is 53.2 Å². The fourth-order valence-corrected chi connectivity index (χ4v) is 3.00. The summed E-state index contributed by atoms with van der Waals surface area (Å²) in [4.78, 5) is 5.73. The second kappa shape index (κ2) is 6.87. The van der Waals surface area contributed by atoms with Crippen molar-refractivity contribution >= 4 is 11.3 Å². The van der Waals surface area contributed by atoms with Crippen LogP contribution in [0.15, 0.2) is 30.0 Å². The summed E-state index contributed by atoms with van der Waals surface area (Å²) in [5, 5.41) is 5.62. The largest absolute Gasteiger partial charge is 0.330 e. The number of hydrogen-bond acceptors (Lipinski definition) is 3. The van der Waals surface area contributed by atoms with E-state index in [0.717, 1.165) is 19.5 Å². The molecule has 104 valence electrons. The van der Waals surface area contributed by atoms with Crippen molar-refractivity contribution in [2.45, 2.75) is 39.8 Å². The van der Waals surface area contributed by atoms with Crippen LogP contribution in [-0.4, -0.2) is 16.1 Å². The Bertz CT molecular complexity index is 473. The minimum atomic E-state index is 0.456. The molecule has 0 amide bonds. The Labute approximate surface area is 119 Å². The first-order valence-corrected chi connectivity index (χ1v) is 7.78. The van der Waals surface area contributed by atoms with Crippen molar-refractivity contribution in [2.24, 2.45) is 5.92 Å². The highest BCUT2D eigenvalue weighted by atomic mass is 32.1. The first-order chi connectivity index (χ1) is 9.16. The highest BCUT2D eigenvalue weighted by molar-refractivity contribution is 7.09. The van der Waals surface area contributed by atoms with Gasteiger partial charge in [0.25, 0.3) is 0 Å². The molecule has 0 saturated heterocycles. The minimum absolute atomic E-state index is 0.456. The predicted molar refractivity (Wildman–Crippen MR) is 81.5 cm³/mol. The highest BCUT2D eigenvalue weighted by Crippen LogP contribution is 2.19. The van der Waals surface area contributed by atoms with E-state index >= 15 is 0 Å². The van der Waals surface area contributed by atoms with Crippen LogP contribution < -0.4 is 5.32 Å². The van der Waals surface area contributed by atoms with Gasteiger partial charge in [0.15, 0.2) is 0 Å². The van der Waals surface area contributed by atoms with E-state index < -0.39 is 0 Å². The van der Waals surface area contributed by atoms with Gasteiger partial charge in [0.05, 0.1) is 12.0 Å². The molecule has 0 fully saturated rings. The van der Waals surface area contributed by atoms with E-state index in [0.29, 0.717) is 12.0 Å². The highest BCUT2D eigenvalue weighted by Gasteiger charge is 2.10. The SMILES string of the molecule is CC(C)CNCc1cncn1C(C)Cc1cccs1. The van der Waals surface area contributed by atoms with Crippen LogP contribution >= 0.6 is 11.3 Å². The van der Waals surface area contributed by atoms with E-state index in [1.807, 2.05) is 23.9 Å². The van der Waals surface area contributed by atoms with E-state index in [-0.39, 0.29) is 0 Å². The predicted octanol–water partition coefficient (Wildman–Crippen LogP) is 3.49. The number of hydrogen-bond donors (Lipinski definition) is 1.